The third kappa shape index (κ3) is 6.58. The summed E-state index contributed by atoms with van der Waals surface area (Å²) in [5.41, 5.74) is 3.50. The van der Waals surface area contributed by atoms with Crippen LogP contribution in [-0.2, 0) is 13.6 Å². The van der Waals surface area contributed by atoms with Crippen molar-refractivity contribution in [1.82, 2.24) is 25.3 Å². The second-order valence-electron chi connectivity index (χ2n) is 6.55. The monoisotopic (exact) mass is 450 g/mol. The molecule has 1 aromatic heterocycles. The number of aliphatic imine (C=N–C) groups is 1. The zero-order chi connectivity index (χ0) is 17.6. The summed E-state index contributed by atoms with van der Waals surface area (Å²) in [6.45, 7) is 15.7. The van der Waals surface area contributed by atoms with E-state index >= 15 is 0 Å². The minimum absolute atomic E-state index is 0. The predicted molar refractivity (Wildman–Crippen MR) is 113 cm³/mol. The van der Waals surface area contributed by atoms with E-state index in [2.05, 4.69) is 60.2 Å². The van der Waals surface area contributed by atoms with Crippen LogP contribution in [0.2, 0.25) is 0 Å². The van der Waals surface area contributed by atoms with Crippen LogP contribution >= 0.6 is 24.0 Å². The lowest BCUT2D eigenvalue weighted by atomic mass is 10.2. The van der Waals surface area contributed by atoms with Gasteiger partial charge in [0.1, 0.15) is 0 Å². The minimum Gasteiger partial charge on any atom is -0.355 e. The lowest BCUT2D eigenvalue weighted by molar-refractivity contribution is 0.178. The molecule has 6 nitrogen and oxygen atoms in total. The smallest absolute Gasteiger partial charge is 0.191 e. The fourth-order valence-corrected chi connectivity index (χ4v) is 2.88. The SMILES string of the molecule is CN=C(NCCN(C(C)C)C(C)C)NCc1c(C)nn(C)c1C.I. The van der Waals surface area contributed by atoms with E-state index in [1.54, 1.807) is 7.05 Å². The Morgan fingerprint density at radius 3 is 2.17 bits per heavy atom. The predicted octanol–water partition coefficient (Wildman–Crippen LogP) is 2.44. The average Bonchev–Trinajstić information content (AvgIpc) is 2.71. The maximum Gasteiger partial charge on any atom is 0.191 e. The summed E-state index contributed by atoms with van der Waals surface area (Å²) in [7, 11) is 3.78. The minimum atomic E-state index is 0. The fraction of sp³-hybridized carbons (Fsp3) is 0.765. The Bertz CT molecular complexity index is 513. The number of nitrogens with zero attached hydrogens (tertiary/aromatic N) is 4. The molecule has 0 saturated carbocycles. The normalized spacial score (nSPS) is 12.0. The fourth-order valence-electron chi connectivity index (χ4n) is 2.88. The lowest BCUT2D eigenvalue weighted by Crippen LogP contribution is -2.45. The maximum atomic E-state index is 4.45. The first-order valence-electron chi connectivity index (χ1n) is 8.47. The van der Waals surface area contributed by atoms with Gasteiger partial charge in [0.05, 0.1) is 5.69 Å². The molecule has 0 bridgehead atoms. The molecule has 0 radical (unpaired) electrons. The molecular weight excluding hydrogens is 415 g/mol. The molecule has 0 aliphatic rings. The number of aromatic nitrogens is 2. The Morgan fingerprint density at radius 2 is 1.75 bits per heavy atom. The molecule has 24 heavy (non-hydrogen) atoms. The molecule has 7 heteroatoms. The van der Waals surface area contributed by atoms with Crippen LogP contribution in [0, 0.1) is 13.8 Å². The van der Waals surface area contributed by atoms with E-state index in [-0.39, 0.29) is 24.0 Å². The standard InChI is InChI=1S/C17H34N6.HI/c1-12(2)23(13(3)4)10-9-19-17(18-7)20-11-16-14(5)21-22(8)15(16)6;/h12-13H,9-11H2,1-8H3,(H2,18,19,20);1H. The van der Waals surface area contributed by atoms with Crippen LogP contribution in [0.15, 0.2) is 4.99 Å². The van der Waals surface area contributed by atoms with Crippen molar-refractivity contribution in [3.05, 3.63) is 17.0 Å². The molecule has 0 saturated heterocycles. The lowest BCUT2D eigenvalue weighted by Gasteiger charge is -2.30. The molecule has 0 unspecified atom stereocenters. The first-order valence-corrected chi connectivity index (χ1v) is 8.47. The van der Waals surface area contributed by atoms with Crippen LogP contribution in [0.25, 0.3) is 0 Å². The zero-order valence-electron chi connectivity index (χ0n) is 16.5. The van der Waals surface area contributed by atoms with E-state index in [1.807, 2.05) is 18.7 Å². The molecule has 0 aliphatic carbocycles. The maximum absolute atomic E-state index is 4.45. The van der Waals surface area contributed by atoms with Crippen molar-refractivity contribution in [1.29, 1.82) is 0 Å². The van der Waals surface area contributed by atoms with Crippen LogP contribution in [0.1, 0.15) is 44.6 Å². The van der Waals surface area contributed by atoms with Crippen LogP contribution in [0.4, 0.5) is 0 Å². The van der Waals surface area contributed by atoms with Gasteiger partial charge in [0.25, 0.3) is 0 Å². The van der Waals surface area contributed by atoms with Crippen LogP contribution in [0.5, 0.6) is 0 Å². The molecule has 0 aliphatic heterocycles. The van der Waals surface area contributed by atoms with E-state index in [1.165, 1.54) is 11.3 Å². The zero-order valence-corrected chi connectivity index (χ0v) is 18.8. The Labute approximate surface area is 164 Å². The third-order valence-electron chi connectivity index (χ3n) is 4.30. The Hall–Kier alpha value is -0.830. The number of aryl methyl sites for hydroxylation is 2. The average molecular weight is 450 g/mol. The van der Waals surface area contributed by atoms with Gasteiger partial charge in [-0.15, -0.1) is 24.0 Å². The molecule has 0 atom stereocenters. The third-order valence-corrected chi connectivity index (χ3v) is 4.30. The summed E-state index contributed by atoms with van der Waals surface area (Å²) in [6.07, 6.45) is 0. The van der Waals surface area contributed by atoms with E-state index in [0.29, 0.717) is 12.1 Å². The molecule has 140 valence electrons. The van der Waals surface area contributed by atoms with Crippen LogP contribution in [-0.4, -0.2) is 52.9 Å². The molecule has 0 fully saturated rings. The highest BCUT2D eigenvalue weighted by atomic mass is 127. The molecular formula is C17H35IN6. The summed E-state index contributed by atoms with van der Waals surface area (Å²) >= 11 is 0. The largest absolute Gasteiger partial charge is 0.355 e. The topological polar surface area (TPSA) is 57.5 Å². The Morgan fingerprint density at radius 1 is 1.17 bits per heavy atom. The molecule has 1 heterocycles. The Balaban J connectivity index is 0.00000529. The van der Waals surface area contributed by atoms with Crippen molar-refractivity contribution in [2.24, 2.45) is 12.0 Å². The van der Waals surface area contributed by atoms with Gasteiger partial charge in [0.2, 0.25) is 0 Å². The summed E-state index contributed by atoms with van der Waals surface area (Å²) in [4.78, 5) is 6.77. The van der Waals surface area contributed by atoms with Gasteiger partial charge < -0.3 is 10.6 Å². The summed E-state index contributed by atoms with van der Waals surface area (Å²) < 4.78 is 1.92. The van der Waals surface area contributed by atoms with Gasteiger partial charge in [0, 0.05) is 57.1 Å². The number of rotatable bonds is 7. The number of guanidine groups is 1. The van der Waals surface area contributed by atoms with E-state index in [4.69, 9.17) is 0 Å². The van der Waals surface area contributed by atoms with Crippen molar-refractivity contribution in [2.45, 2.75) is 60.2 Å². The van der Waals surface area contributed by atoms with Gasteiger partial charge in [0.15, 0.2) is 5.96 Å². The van der Waals surface area contributed by atoms with Gasteiger partial charge in [-0.1, -0.05) is 0 Å². The molecule has 0 aromatic carbocycles. The number of nitrogens with one attached hydrogen (secondary N) is 2. The van der Waals surface area contributed by atoms with Crippen molar-refractivity contribution in [3.63, 3.8) is 0 Å². The van der Waals surface area contributed by atoms with Crippen molar-refractivity contribution >= 4 is 29.9 Å². The van der Waals surface area contributed by atoms with E-state index < -0.39 is 0 Å². The second-order valence-corrected chi connectivity index (χ2v) is 6.55. The van der Waals surface area contributed by atoms with E-state index in [0.717, 1.165) is 31.3 Å². The van der Waals surface area contributed by atoms with Gasteiger partial charge >= 0.3 is 0 Å². The van der Waals surface area contributed by atoms with Gasteiger partial charge in [-0.3, -0.25) is 14.6 Å². The molecule has 1 rings (SSSR count). The molecule has 1 aromatic rings. The molecule has 0 amide bonds. The number of hydrogen-bond acceptors (Lipinski definition) is 3. The first kappa shape index (κ1) is 23.2. The van der Waals surface area contributed by atoms with E-state index in [9.17, 15) is 0 Å². The summed E-state index contributed by atoms with van der Waals surface area (Å²) in [5.74, 6) is 0.833. The van der Waals surface area contributed by atoms with Crippen molar-refractivity contribution < 1.29 is 0 Å². The van der Waals surface area contributed by atoms with Crippen LogP contribution < -0.4 is 10.6 Å². The molecule has 0 spiro atoms. The van der Waals surface area contributed by atoms with Crippen molar-refractivity contribution in [2.75, 3.05) is 20.1 Å². The molecule has 2 N–H and O–H groups in total. The Kier molecular flexibility index (Phi) is 10.5. The highest BCUT2D eigenvalue weighted by Gasteiger charge is 2.13. The summed E-state index contributed by atoms with van der Waals surface area (Å²) in [6, 6.07) is 1.10. The summed E-state index contributed by atoms with van der Waals surface area (Å²) in [5, 5.41) is 11.2. The van der Waals surface area contributed by atoms with Gasteiger partial charge in [-0.2, -0.15) is 5.10 Å². The first-order chi connectivity index (χ1) is 10.8. The van der Waals surface area contributed by atoms with Crippen molar-refractivity contribution in [3.8, 4) is 0 Å². The second kappa shape index (κ2) is 10.9. The number of hydrogen-bond donors (Lipinski definition) is 2. The van der Waals surface area contributed by atoms with Gasteiger partial charge in [-0.05, 0) is 41.5 Å². The highest BCUT2D eigenvalue weighted by Crippen LogP contribution is 2.11. The highest BCUT2D eigenvalue weighted by molar-refractivity contribution is 14.0. The van der Waals surface area contributed by atoms with Gasteiger partial charge in [-0.25, -0.2) is 0 Å². The van der Waals surface area contributed by atoms with Crippen LogP contribution in [0.3, 0.4) is 0 Å². The number of halogens is 1. The quantitative estimate of drug-likeness (QED) is 0.381.